The summed E-state index contributed by atoms with van der Waals surface area (Å²) in [6.07, 6.45) is 3.07. The molecule has 0 aromatic carbocycles. The van der Waals surface area contributed by atoms with Gasteiger partial charge in [-0.2, -0.15) is 5.10 Å². The smallest absolute Gasteiger partial charge is 0.290 e. The maximum absolute atomic E-state index is 12.7. The molecule has 1 N–H and O–H groups in total. The summed E-state index contributed by atoms with van der Waals surface area (Å²) in [4.78, 5) is 37.9. The molecule has 2 aromatic rings. The summed E-state index contributed by atoms with van der Waals surface area (Å²) in [7, 11) is 0. The second-order valence-electron chi connectivity index (χ2n) is 7.19. The van der Waals surface area contributed by atoms with Gasteiger partial charge in [-0.15, -0.1) is 0 Å². The van der Waals surface area contributed by atoms with E-state index in [4.69, 9.17) is 4.42 Å². The van der Waals surface area contributed by atoms with E-state index in [0.717, 1.165) is 30.7 Å². The standard InChI is InChI=1S/C19H22N4O4/c1-12-7-16(24)9-17(27-12)19(26)22-5-6-23-15(11-22)8-14(21-23)10-20-18(25)13-3-2-4-13/h7-9,13H,2-6,10-11H2,1H3,(H,20,25). The van der Waals surface area contributed by atoms with Gasteiger partial charge in [0.25, 0.3) is 5.91 Å². The minimum atomic E-state index is -0.303. The zero-order chi connectivity index (χ0) is 19.0. The first-order valence-electron chi connectivity index (χ1n) is 9.24. The van der Waals surface area contributed by atoms with Crippen molar-refractivity contribution in [1.82, 2.24) is 20.0 Å². The molecule has 0 saturated heterocycles. The predicted octanol–water partition coefficient (Wildman–Crippen LogP) is 1.22. The van der Waals surface area contributed by atoms with Crippen LogP contribution in [0, 0.1) is 12.8 Å². The number of amides is 2. The molecule has 1 saturated carbocycles. The van der Waals surface area contributed by atoms with Gasteiger partial charge in [0.05, 0.1) is 31.0 Å². The highest BCUT2D eigenvalue weighted by Crippen LogP contribution is 2.26. The van der Waals surface area contributed by atoms with E-state index in [2.05, 4.69) is 10.4 Å². The third kappa shape index (κ3) is 3.65. The van der Waals surface area contributed by atoms with Crippen molar-refractivity contribution in [1.29, 1.82) is 0 Å². The van der Waals surface area contributed by atoms with Gasteiger partial charge in [0.2, 0.25) is 5.91 Å². The van der Waals surface area contributed by atoms with Gasteiger partial charge < -0.3 is 14.6 Å². The van der Waals surface area contributed by atoms with Crippen molar-refractivity contribution >= 4 is 11.8 Å². The number of carbonyl (C=O) groups is 2. The number of nitrogens with one attached hydrogen (secondary N) is 1. The summed E-state index contributed by atoms with van der Waals surface area (Å²) in [6, 6.07) is 4.49. The Morgan fingerprint density at radius 2 is 2.07 bits per heavy atom. The van der Waals surface area contributed by atoms with Crippen LogP contribution in [0.5, 0.6) is 0 Å². The molecule has 8 nitrogen and oxygen atoms in total. The normalized spacial score (nSPS) is 16.6. The largest absolute Gasteiger partial charge is 0.456 e. The second-order valence-corrected chi connectivity index (χ2v) is 7.19. The van der Waals surface area contributed by atoms with Gasteiger partial charge >= 0.3 is 0 Å². The minimum Gasteiger partial charge on any atom is -0.456 e. The van der Waals surface area contributed by atoms with Crippen LogP contribution in [0.4, 0.5) is 0 Å². The average molecular weight is 370 g/mol. The Balaban J connectivity index is 1.42. The number of fused-ring (bicyclic) bond motifs is 1. The molecule has 0 bridgehead atoms. The number of aryl methyl sites for hydroxylation is 1. The van der Waals surface area contributed by atoms with E-state index < -0.39 is 0 Å². The van der Waals surface area contributed by atoms with Crippen LogP contribution in [-0.4, -0.2) is 33.0 Å². The highest BCUT2D eigenvalue weighted by atomic mass is 16.3. The van der Waals surface area contributed by atoms with Gasteiger partial charge in [0.15, 0.2) is 11.2 Å². The summed E-state index contributed by atoms with van der Waals surface area (Å²) in [5.41, 5.74) is 1.44. The van der Waals surface area contributed by atoms with Crippen molar-refractivity contribution in [3.05, 3.63) is 51.3 Å². The molecule has 142 valence electrons. The van der Waals surface area contributed by atoms with Crippen LogP contribution in [0.25, 0.3) is 0 Å². The van der Waals surface area contributed by atoms with Crippen LogP contribution < -0.4 is 10.7 Å². The van der Waals surface area contributed by atoms with Crippen molar-refractivity contribution in [2.24, 2.45) is 5.92 Å². The van der Waals surface area contributed by atoms with E-state index in [0.29, 0.717) is 31.9 Å². The Kier molecular flexibility index (Phi) is 4.55. The fourth-order valence-corrected chi connectivity index (χ4v) is 3.44. The Bertz CT molecular complexity index is 941. The summed E-state index contributed by atoms with van der Waals surface area (Å²) >= 11 is 0. The molecule has 3 heterocycles. The van der Waals surface area contributed by atoms with Crippen molar-refractivity contribution in [3.8, 4) is 0 Å². The highest BCUT2D eigenvalue weighted by Gasteiger charge is 2.27. The molecule has 0 radical (unpaired) electrons. The fourth-order valence-electron chi connectivity index (χ4n) is 3.44. The van der Waals surface area contributed by atoms with Crippen LogP contribution in [-0.2, 0) is 24.4 Å². The third-order valence-electron chi connectivity index (χ3n) is 5.16. The van der Waals surface area contributed by atoms with Gasteiger partial charge in [-0.25, -0.2) is 0 Å². The first-order valence-corrected chi connectivity index (χ1v) is 9.24. The summed E-state index contributed by atoms with van der Waals surface area (Å²) < 4.78 is 7.27. The molecule has 8 heteroatoms. The highest BCUT2D eigenvalue weighted by molar-refractivity contribution is 5.91. The average Bonchev–Trinajstić information content (AvgIpc) is 2.99. The van der Waals surface area contributed by atoms with Gasteiger partial charge in [-0.3, -0.25) is 19.1 Å². The van der Waals surface area contributed by atoms with E-state index in [9.17, 15) is 14.4 Å². The lowest BCUT2D eigenvalue weighted by Crippen LogP contribution is -2.38. The molecular formula is C19H22N4O4. The van der Waals surface area contributed by atoms with Crippen LogP contribution >= 0.6 is 0 Å². The number of rotatable bonds is 4. The van der Waals surface area contributed by atoms with Gasteiger partial charge in [0.1, 0.15) is 5.76 Å². The maximum atomic E-state index is 12.7. The quantitative estimate of drug-likeness (QED) is 0.873. The third-order valence-corrected chi connectivity index (χ3v) is 5.16. The molecule has 27 heavy (non-hydrogen) atoms. The van der Waals surface area contributed by atoms with E-state index in [1.54, 1.807) is 11.8 Å². The van der Waals surface area contributed by atoms with E-state index in [1.807, 2.05) is 10.7 Å². The number of hydrogen-bond donors (Lipinski definition) is 1. The summed E-state index contributed by atoms with van der Waals surface area (Å²) in [6.45, 7) is 3.48. The molecule has 1 aliphatic carbocycles. The van der Waals surface area contributed by atoms with Crippen LogP contribution in [0.1, 0.15) is 47.0 Å². The van der Waals surface area contributed by atoms with E-state index in [1.165, 1.54) is 12.1 Å². The Morgan fingerprint density at radius 3 is 2.78 bits per heavy atom. The minimum absolute atomic E-state index is 0.0564. The lowest BCUT2D eigenvalue weighted by atomic mass is 9.85. The van der Waals surface area contributed by atoms with E-state index >= 15 is 0 Å². The van der Waals surface area contributed by atoms with Crippen molar-refractivity contribution in [2.45, 2.75) is 45.8 Å². The monoisotopic (exact) mass is 370 g/mol. The zero-order valence-corrected chi connectivity index (χ0v) is 15.2. The molecule has 4 rings (SSSR count). The Hall–Kier alpha value is -2.90. The number of nitrogens with zero attached hydrogens (tertiary/aromatic N) is 3. The summed E-state index contributed by atoms with van der Waals surface area (Å²) in [5.74, 6) is 0.416. The lowest BCUT2D eigenvalue weighted by Gasteiger charge is -2.27. The second kappa shape index (κ2) is 7.02. The summed E-state index contributed by atoms with van der Waals surface area (Å²) in [5, 5.41) is 7.45. The molecular weight excluding hydrogens is 348 g/mol. The number of carbonyl (C=O) groups excluding carboxylic acids is 2. The van der Waals surface area contributed by atoms with Gasteiger partial charge in [0, 0.05) is 24.6 Å². The van der Waals surface area contributed by atoms with Gasteiger partial charge in [-0.05, 0) is 25.8 Å². The molecule has 2 aliphatic rings. The molecule has 0 unspecified atom stereocenters. The number of hydrogen-bond acceptors (Lipinski definition) is 5. The van der Waals surface area contributed by atoms with Crippen molar-refractivity contribution in [2.75, 3.05) is 6.54 Å². The van der Waals surface area contributed by atoms with Crippen LogP contribution in [0.15, 0.2) is 27.4 Å². The lowest BCUT2D eigenvalue weighted by molar-refractivity contribution is -0.127. The maximum Gasteiger partial charge on any atom is 0.290 e. The Morgan fingerprint density at radius 1 is 1.26 bits per heavy atom. The fraction of sp³-hybridized carbons (Fsp3) is 0.474. The SMILES string of the molecule is Cc1cc(=O)cc(C(=O)N2CCn3nc(CNC(=O)C4CCC4)cc3C2)o1. The predicted molar refractivity (Wildman–Crippen MR) is 95.9 cm³/mol. The molecule has 1 aliphatic heterocycles. The van der Waals surface area contributed by atoms with Gasteiger partial charge in [-0.1, -0.05) is 6.42 Å². The van der Waals surface area contributed by atoms with Crippen molar-refractivity contribution in [3.63, 3.8) is 0 Å². The topological polar surface area (TPSA) is 97.4 Å². The number of aromatic nitrogens is 2. The first kappa shape index (κ1) is 17.5. The Labute approximate surface area is 156 Å². The molecule has 1 fully saturated rings. The molecule has 0 atom stereocenters. The van der Waals surface area contributed by atoms with E-state index in [-0.39, 0.29) is 28.9 Å². The van der Waals surface area contributed by atoms with Crippen LogP contribution in [0.2, 0.25) is 0 Å². The molecule has 2 amide bonds. The first-order chi connectivity index (χ1) is 13.0. The van der Waals surface area contributed by atoms with Crippen molar-refractivity contribution < 1.29 is 14.0 Å². The van der Waals surface area contributed by atoms with Crippen LogP contribution in [0.3, 0.4) is 0 Å². The molecule has 0 spiro atoms. The zero-order valence-electron chi connectivity index (χ0n) is 15.2. The molecule has 2 aromatic heterocycles.